The second-order valence-electron chi connectivity index (χ2n) is 6.72. The first kappa shape index (κ1) is 16.1. The monoisotopic (exact) mass is 342 g/mol. The van der Waals surface area contributed by atoms with Crippen molar-refractivity contribution in [3.8, 4) is 11.5 Å². The number of amides is 1. The van der Waals surface area contributed by atoms with Gasteiger partial charge in [-0.3, -0.25) is 4.79 Å². The highest BCUT2D eigenvalue weighted by Crippen LogP contribution is 2.34. The molecule has 2 atom stereocenters. The standard InChI is InChI=1S/C18H22N4O3/c19-16(23)14-8-11-24-15(14)12-6-9-22(10-7-12)18-20-17(25-21-18)13-4-2-1-3-5-13/h1-5,12,14-15H,6-11H2,(H2,19,23)/t14-,15+/m0/s1. The maximum absolute atomic E-state index is 11.6. The Labute approximate surface area is 146 Å². The van der Waals surface area contributed by atoms with Crippen LogP contribution in [0.25, 0.3) is 11.5 Å². The maximum Gasteiger partial charge on any atom is 0.266 e. The predicted octanol–water partition coefficient (Wildman–Crippen LogP) is 1.84. The van der Waals surface area contributed by atoms with Crippen molar-refractivity contribution in [2.75, 3.05) is 24.6 Å². The molecule has 2 aliphatic rings. The molecule has 4 rings (SSSR count). The molecule has 0 bridgehead atoms. The number of hydrogen-bond acceptors (Lipinski definition) is 6. The van der Waals surface area contributed by atoms with Crippen LogP contribution in [0.2, 0.25) is 0 Å². The zero-order valence-corrected chi connectivity index (χ0v) is 14.0. The Kier molecular flexibility index (Phi) is 4.40. The van der Waals surface area contributed by atoms with E-state index in [2.05, 4.69) is 15.0 Å². The summed E-state index contributed by atoms with van der Waals surface area (Å²) >= 11 is 0. The molecule has 3 heterocycles. The molecule has 0 unspecified atom stereocenters. The van der Waals surface area contributed by atoms with Crippen molar-refractivity contribution < 1.29 is 14.1 Å². The molecule has 2 N–H and O–H groups in total. The number of benzene rings is 1. The van der Waals surface area contributed by atoms with Crippen LogP contribution < -0.4 is 10.6 Å². The van der Waals surface area contributed by atoms with Crippen molar-refractivity contribution in [2.24, 2.45) is 17.6 Å². The number of hydrogen-bond donors (Lipinski definition) is 1. The van der Waals surface area contributed by atoms with Crippen LogP contribution in [0.1, 0.15) is 19.3 Å². The van der Waals surface area contributed by atoms with E-state index in [1.807, 2.05) is 30.3 Å². The molecule has 0 radical (unpaired) electrons. The molecule has 2 aromatic rings. The summed E-state index contributed by atoms with van der Waals surface area (Å²) in [5, 5.41) is 4.12. The van der Waals surface area contributed by atoms with Crippen molar-refractivity contribution >= 4 is 11.9 Å². The van der Waals surface area contributed by atoms with Gasteiger partial charge in [0.2, 0.25) is 5.91 Å². The Balaban J connectivity index is 1.39. The SMILES string of the molecule is NC(=O)[C@H]1CCO[C@@H]1C1CCN(c2noc(-c3ccccc3)n2)CC1. The van der Waals surface area contributed by atoms with E-state index in [1.165, 1.54) is 0 Å². The number of nitrogens with zero attached hydrogens (tertiary/aromatic N) is 3. The lowest BCUT2D eigenvalue weighted by atomic mass is 9.84. The molecule has 2 aliphatic heterocycles. The molecule has 0 spiro atoms. The number of primary amides is 1. The summed E-state index contributed by atoms with van der Waals surface area (Å²) in [4.78, 5) is 18.2. The molecular formula is C18H22N4O3. The minimum Gasteiger partial charge on any atom is -0.377 e. The highest BCUT2D eigenvalue weighted by molar-refractivity contribution is 5.77. The number of carbonyl (C=O) groups is 1. The summed E-state index contributed by atoms with van der Waals surface area (Å²) in [6.07, 6.45) is 2.57. The summed E-state index contributed by atoms with van der Waals surface area (Å²) in [6, 6.07) is 9.74. The van der Waals surface area contributed by atoms with Crippen LogP contribution in [0.15, 0.2) is 34.9 Å². The molecule has 25 heavy (non-hydrogen) atoms. The Hall–Kier alpha value is -2.41. The van der Waals surface area contributed by atoms with Crippen LogP contribution in [-0.4, -0.2) is 41.8 Å². The second kappa shape index (κ2) is 6.84. The van der Waals surface area contributed by atoms with Gasteiger partial charge in [-0.15, -0.1) is 0 Å². The number of ether oxygens (including phenoxy) is 1. The molecule has 1 aromatic carbocycles. The number of carbonyl (C=O) groups excluding carboxylic acids is 1. The van der Waals surface area contributed by atoms with E-state index in [1.54, 1.807) is 0 Å². The van der Waals surface area contributed by atoms with E-state index < -0.39 is 0 Å². The zero-order chi connectivity index (χ0) is 17.2. The van der Waals surface area contributed by atoms with Crippen LogP contribution in [-0.2, 0) is 9.53 Å². The normalized spacial score (nSPS) is 24.6. The predicted molar refractivity (Wildman–Crippen MR) is 91.7 cm³/mol. The first-order valence-corrected chi connectivity index (χ1v) is 8.77. The minimum absolute atomic E-state index is 0.0372. The summed E-state index contributed by atoms with van der Waals surface area (Å²) in [5.41, 5.74) is 6.43. The minimum atomic E-state index is -0.240. The van der Waals surface area contributed by atoms with E-state index in [9.17, 15) is 4.79 Å². The lowest BCUT2D eigenvalue weighted by Crippen LogP contribution is -2.42. The second-order valence-corrected chi connectivity index (χ2v) is 6.72. The van der Waals surface area contributed by atoms with Gasteiger partial charge >= 0.3 is 0 Å². The molecule has 1 aromatic heterocycles. The lowest BCUT2D eigenvalue weighted by Gasteiger charge is -2.34. The Morgan fingerprint density at radius 3 is 2.64 bits per heavy atom. The van der Waals surface area contributed by atoms with Gasteiger partial charge < -0.3 is 19.9 Å². The van der Waals surface area contributed by atoms with Crippen molar-refractivity contribution in [3.63, 3.8) is 0 Å². The number of rotatable bonds is 4. The lowest BCUT2D eigenvalue weighted by molar-refractivity contribution is -0.124. The molecule has 132 valence electrons. The van der Waals surface area contributed by atoms with Gasteiger partial charge in [0, 0.05) is 25.3 Å². The molecule has 2 fully saturated rings. The van der Waals surface area contributed by atoms with Crippen LogP contribution >= 0.6 is 0 Å². The van der Waals surface area contributed by atoms with Crippen LogP contribution in [0, 0.1) is 11.8 Å². The third-order valence-corrected chi connectivity index (χ3v) is 5.22. The van der Waals surface area contributed by atoms with Gasteiger partial charge in [-0.25, -0.2) is 0 Å². The molecule has 7 heteroatoms. The van der Waals surface area contributed by atoms with Gasteiger partial charge in [0.15, 0.2) is 0 Å². The summed E-state index contributed by atoms with van der Waals surface area (Å²) in [7, 11) is 0. The fourth-order valence-electron chi connectivity index (χ4n) is 3.85. The average molecular weight is 342 g/mol. The smallest absolute Gasteiger partial charge is 0.266 e. The summed E-state index contributed by atoms with van der Waals surface area (Å²) < 4.78 is 11.2. The topological polar surface area (TPSA) is 94.5 Å². The van der Waals surface area contributed by atoms with Gasteiger partial charge in [0.25, 0.3) is 11.8 Å². The first-order chi connectivity index (χ1) is 12.2. The fraction of sp³-hybridized carbons (Fsp3) is 0.500. The average Bonchev–Trinajstić information content (AvgIpc) is 3.32. The highest BCUT2D eigenvalue weighted by atomic mass is 16.5. The van der Waals surface area contributed by atoms with Crippen molar-refractivity contribution in [3.05, 3.63) is 30.3 Å². The molecular weight excluding hydrogens is 320 g/mol. The van der Waals surface area contributed by atoms with E-state index in [0.717, 1.165) is 37.9 Å². The van der Waals surface area contributed by atoms with E-state index >= 15 is 0 Å². The van der Waals surface area contributed by atoms with E-state index in [-0.39, 0.29) is 17.9 Å². The van der Waals surface area contributed by atoms with Gasteiger partial charge in [0.05, 0.1) is 12.0 Å². The van der Waals surface area contributed by atoms with Crippen molar-refractivity contribution in [2.45, 2.75) is 25.4 Å². The molecule has 1 amide bonds. The van der Waals surface area contributed by atoms with Gasteiger partial charge in [-0.05, 0) is 42.5 Å². The Morgan fingerprint density at radius 2 is 1.92 bits per heavy atom. The molecule has 0 aliphatic carbocycles. The highest BCUT2D eigenvalue weighted by Gasteiger charge is 2.39. The van der Waals surface area contributed by atoms with E-state index in [4.69, 9.17) is 15.0 Å². The third-order valence-electron chi connectivity index (χ3n) is 5.22. The first-order valence-electron chi connectivity index (χ1n) is 8.77. The van der Waals surface area contributed by atoms with Gasteiger partial charge in [-0.1, -0.05) is 18.2 Å². The number of piperidine rings is 1. The Morgan fingerprint density at radius 1 is 1.16 bits per heavy atom. The molecule has 0 saturated carbocycles. The zero-order valence-electron chi connectivity index (χ0n) is 14.0. The van der Waals surface area contributed by atoms with Crippen LogP contribution in [0.3, 0.4) is 0 Å². The molecule has 2 saturated heterocycles. The maximum atomic E-state index is 11.6. The van der Waals surface area contributed by atoms with Crippen molar-refractivity contribution in [1.29, 1.82) is 0 Å². The quantitative estimate of drug-likeness (QED) is 0.911. The Bertz CT molecular complexity index is 725. The summed E-state index contributed by atoms with van der Waals surface area (Å²) in [5.74, 6) is 1.13. The van der Waals surface area contributed by atoms with Crippen LogP contribution in [0.5, 0.6) is 0 Å². The number of anilines is 1. The number of aromatic nitrogens is 2. The number of nitrogens with two attached hydrogens (primary N) is 1. The van der Waals surface area contributed by atoms with Gasteiger partial charge in [-0.2, -0.15) is 4.98 Å². The summed E-state index contributed by atoms with van der Waals surface area (Å²) in [6.45, 7) is 2.28. The van der Waals surface area contributed by atoms with Crippen LogP contribution in [0.4, 0.5) is 5.95 Å². The van der Waals surface area contributed by atoms with E-state index in [0.29, 0.717) is 24.4 Å². The molecule has 7 nitrogen and oxygen atoms in total. The van der Waals surface area contributed by atoms with Gasteiger partial charge in [0.1, 0.15) is 0 Å². The van der Waals surface area contributed by atoms with Crippen molar-refractivity contribution in [1.82, 2.24) is 10.1 Å². The largest absolute Gasteiger partial charge is 0.377 e. The third kappa shape index (κ3) is 3.24. The fourth-order valence-corrected chi connectivity index (χ4v) is 3.85.